The van der Waals surface area contributed by atoms with Gasteiger partial charge in [0.2, 0.25) is 5.91 Å². The molecule has 0 spiro atoms. The van der Waals surface area contributed by atoms with Gasteiger partial charge < -0.3 is 15.5 Å². The number of benzene rings is 1. The molecule has 0 radical (unpaired) electrons. The fraction of sp³-hybridized carbons (Fsp3) is 0.435. The fourth-order valence-electron chi connectivity index (χ4n) is 4.30. The zero-order chi connectivity index (χ0) is 21.1. The number of aromatic nitrogens is 1. The molecule has 6 heteroatoms. The van der Waals surface area contributed by atoms with Gasteiger partial charge in [-0.3, -0.25) is 9.59 Å². The van der Waals surface area contributed by atoms with E-state index in [9.17, 15) is 9.59 Å². The Bertz CT molecular complexity index is 912. The number of carbonyl (C=O) groups excluding carboxylic acids is 2. The Kier molecular flexibility index (Phi) is 6.20. The van der Waals surface area contributed by atoms with Gasteiger partial charge in [0.15, 0.2) is 0 Å². The molecule has 2 aromatic rings. The van der Waals surface area contributed by atoms with Gasteiger partial charge in [-0.05, 0) is 56.2 Å². The smallest absolute Gasteiger partial charge is 0.251 e. The van der Waals surface area contributed by atoms with Crippen molar-refractivity contribution in [1.29, 1.82) is 0 Å². The number of hydrogen-bond donors (Lipinski definition) is 2. The largest absolute Gasteiger partial charge is 0.363 e. The first-order valence-corrected chi connectivity index (χ1v) is 10.3. The van der Waals surface area contributed by atoms with Gasteiger partial charge in [-0.15, -0.1) is 0 Å². The summed E-state index contributed by atoms with van der Waals surface area (Å²) in [6.07, 6.45) is 0.845. The van der Waals surface area contributed by atoms with E-state index in [0.717, 1.165) is 29.2 Å². The molecule has 2 amide bonds. The lowest BCUT2D eigenvalue weighted by Crippen LogP contribution is -2.49. The summed E-state index contributed by atoms with van der Waals surface area (Å²) in [6.45, 7) is 10.3. The standard InChI is InChI=1S/C23H30N4O2/c1-6-19-15(4)22(26-21-10-8-9-14(3)25-21)18-13-17(23(29)24-7-2)11-12-20(18)27(19)16(5)28/h8-13,15,19,22H,6-7H2,1-5H3,(H,24,29)(H,25,26)/t15-,19-,22?/m0/s1. The summed E-state index contributed by atoms with van der Waals surface area (Å²) >= 11 is 0. The van der Waals surface area contributed by atoms with Gasteiger partial charge in [-0.25, -0.2) is 4.98 Å². The number of nitrogens with one attached hydrogen (secondary N) is 2. The van der Waals surface area contributed by atoms with Crippen molar-refractivity contribution in [2.45, 2.75) is 53.1 Å². The van der Waals surface area contributed by atoms with Crippen LogP contribution in [0.1, 0.15) is 61.8 Å². The molecule has 1 aromatic carbocycles. The van der Waals surface area contributed by atoms with Crippen LogP contribution in [0.5, 0.6) is 0 Å². The second-order valence-electron chi connectivity index (χ2n) is 7.64. The molecule has 6 nitrogen and oxygen atoms in total. The molecular formula is C23H30N4O2. The third kappa shape index (κ3) is 4.11. The number of pyridine rings is 1. The molecule has 29 heavy (non-hydrogen) atoms. The van der Waals surface area contributed by atoms with E-state index in [4.69, 9.17) is 0 Å². The van der Waals surface area contributed by atoms with Crippen molar-refractivity contribution in [3.8, 4) is 0 Å². The van der Waals surface area contributed by atoms with E-state index in [2.05, 4.69) is 29.5 Å². The van der Waals surface area contributed by atoms with E-state index in [-0.39, 0.29) is 29.8 Å². The van der Waals surface area contributed by atoms with Crippen LogP contribution in [0.2, 0.25) is 0 Å². The molecule has 3 atom stereocenters. The van der Waals surface area contributed by atoms with Crippen molar-refractivity contribution in [2.24, 2.45) is 5.92 Å². The van der Waals surface area contributed by atoms with Gasteiger partial charge in [-0.1, -0.05) is 19.9 Å². The zero-order valence-corrected chi connectivity index (χ0v) is 17.8. The average Bonchev–Trinajstić information content (AvgIpc) is 2.69. The quantitative estimate of drug-likeness (QED) is 0.802. The average molecular weight is 395 g/mol. The van der Waals surface area contributed by atoms with Crippen LogP contribution >= 0.6 is 0 Å². The highest BCUT2D eigenvalue weighted by molar-refractivity contribution is 5.98. The van der Waals surface area contributed by atoms with Crippen molar-refractivity contribution in [2.75, 3.05) is 16.8 Å². The maximum Gasteiger partial charge on any atom is 0.251 e. The van der Waals surface area contributed by atoms with Gasteiger partial charge >= 0.3 is 0 Å². The van der Waals surface area contributed by atoms with Gasteiger partial charge in [-0.2, -0.15) is 0 Å². The van der Waals surface area contributed by atoms with Crippen LogP contribution in [-0.2, 0) is 4.79 Å². The van der Waals surface area contributed by atoms with Gasteiger partial charge in [0.1, 0.15) is 5.82 Å². The summed E-state index contributed by atoms with van der Waals surface area (Å²) in [5, 5.41) is 6.42. The van der Waals surface area contributed by atoms with E-state index < -0.39 is 0 Å². The lowest BCUT2D eigenvalue weighted by molar-refractivity contribution is -0.117. The third-order valence-electron chi connectivity index (χ3n) is 5.64. The Morgan fingerprint density at radius 2 is 1.93 bits per heavy atom. The summed E-state index contributed by atoms with van der Waals surface area (Å²) in [5.41, 5.74) is 3.34. The minimum Gasteiger partial charge on any atom is -0.363 e. The predicted octanol–water partition coefficient (Wildman–Crippen LogP) is 4.07. The number of nitrogens with zero attached hydrogens (tertiary/aromatic N) is 2. The Balaban J connectivity index is 2.11. The minimum atomic E-state index is -0.109. The molecule has 0 saturated heterocycles. The Morgan fingerprint density at radius 3 is 2.55 bits per heavy atom. The Morgan fingerprint density at radius 1 is 1.17 bits per heavy atom. The third-order valence-corrected chi connectivity index (χ3v) is 5.64. The molecule has 1 aliphatic heterocycles. The van der Waals surface area contributed by atoms with E-state index >= 15 is 0 Å². The van der Waals surface area contributed by atoms with Crippen LogP contribution in [0.25, 0.3) is 0 Å². The van der Waals surface area contributed by atoms with Crippen LogP contribution < -0.4 is 15.5 Å². The second kappa shape index (κ2) is 8.64. The molecule has 0 bridgehead atoms. The van der Waals surface area contributed by atoms with Crippen LogP contribution in [0.3, 0.4) is 0 Å². The van der Waals surface area contributed by atoms with Crippen molar-refractivity contribution >= 4 is 23.3 Å². The van der Waals surface area contributed by atoms with Gasteiger partial charge in [0, 0.05) is 42.4 Å². The van der Waals surface area contributed by atoms with Crippen LogP contribution in [-0.4, -0.2) is 29.4 Å². The van der Waals surface area contributed by atoms with Crippen LogP contribution in [0.15, 0.2) is 36.4 Å². The van der Waals surface area contributed by atoms with Crippen molar-refractivity contribution in [1.82, 2.24) is 10.3 Å². The molecule has 1 aliphatic rings. The van der Waals surface area contributed by atoms with E-state index in [1.165, 1.54) is 0 Å². The first-order chi connectivity index (χ1) is 13.9. The minimum absolute atomic E-state index is 0.0165. The SMILES string of the molecule is CCNC(=O)c1ccc2c(c1)C(Nc1cccc(C)n1)[C@@H](C)[C@H](CC)N2C(C)=O. The lowest BCUT2D eigenvalue weighted by atomic mass is 9.80. The summed E-state index contributed by atoms with van der Waals surface area (Å²) in [4.78, 5) is 31.4. The highest BCUT2D eigenvalue weighted by atomic mass is 16.2. The van der Waals surface area contributed by atoms with Crippen molar-refractivity contribution in [3.63, 3.8) is 0 Å². The second-order valence-corrected chi connectivity index (χ2v) is 7.64. The number of fused-ring (bicyclic) bond motifs is 1. The van der Waals surface area contributed by atoms with Gasteiger partial charge in [0.25, 0.3) is 5.91 Å². The van der Waals surface area contributed by atoms with E-state index in [1.54, 1.807) is 13.0 Å². The molecule has 0 aliphatic carbocycles. The fourth-order valence-corrected chi connectivity index (χ4v) is 4.30. The molecule has 154 valence electrons. The maximum atomic E-state index is 12.5. The number of amides is 2. The Labute approximate surface area is 172 Å². The van der Waals surface area contributed by atoms with Crippen LogP contribution in [0, 0.1) is 12.8 Å². The molecule has 2 N–H and O–H groups in total. The number of hydrogen-bond acceptors (Lipinski definition) is 4. The molecule has 2 heterocycles. The number of rotatable bonds is 5. The summed E-state index contributed by atoms with van der Waals surface area (Å²) in [7, 11) is 0. The van der Waals surface area contributed by atoms with Crippen molar-refractivity contribution in [3.05, 3.63) is 53.2 Å². The molecule has 1 aromatic heterocycles. The molecule has 0 fully saturated rings. The topological polar surface area (TPSA) is 74.3 Å². The van der Waals surface area contributed by atoms with Crippen LogP contribution in [0.4, 0.5) is 11.5 Å². The van der Waals surface area contributed by atoms with E-state index in [0.29, 0.717) is 12.1 Å². The highest BCUT2D eigenvalue weighted by Gasteiger charge is 2.40. The lowest BCUT2D eigenvalue weighted by Gasteiger charge is -2.45. The normalized spacial score (nSPS) is 20.7. The molecule has 3 rings (SSSR count). The molecular weight excluding hydrogens is 364 g/mol. The van der Waals surface area contributed by atoms with Gasteiger partial charge in [0.05, 0.1) is 6.04 Å². The monoisotopic (exact) mass is 394 g/mol. The first-order valence-electron chi connectivity index (χ1n) is 10.3. The molecule has 1 unspecified atom stereocenters. The van der Waals surface area contributed by atoms with E-state index in [1.807, 2.05) is 49.1 Å². The summed E-state index contributed by atoms with van der Waals surface area (Å²) < 4.78 is 0. The summed E-state index contributed by atoms with van der Waals surface area (Å²) in [6, 6.07) is 11.5. The maximum absolute atomic E-state index is 12.5. The number of carbonyl (C=O) groups is 2. The predicted molar refractivity (Wildman–Crippen MR) is 116 cm³/mol. The number of anilines is 2. The number of aryl methyl sites for hydroxylation is 1. The zero-order valence-electron chi connectivity index (χ0n) is 17.8. The molecule has 0 saturated carbocycles. The highest BCUT2D eigenvalue weighted by Crippen LogP contribution is 2.43. The first kappa shape index (κ1) is 20.8. The summed E-state index contributed by atoms with van der Waals surface area (Å²) in [5.74, 6) is 0.843. The van der Waals surface area contributed by atoms with Crippen molar-refractivity contribution < 1.29 is 9.59 Å². The Hall–Kier alpha value is -2.89.